The molecule has 0 fully saturated rings. The maximum atomic E-state index is 10.5. The van der Waals surface area contributed by atoms with Crippen LogP contribution in [0.4, 0.5) is 0 Å². The van der Waals surface area contributed by atoms with E-state index in [1.54, 1.807) is 6.92 Å². The van der Waals surface area contributed by atoms with Crippen LogP contribution in [-0.2, 0) is 34.1 Å². The number of allylic oxidation sites excluding steroid dienone is 6. The third-order valence-electron chi connectivity index (χ3n) is 1.62. The van der Waals surface area contributed by atoms with Crippen LogP contribution in [0.25, 0.3) is 0 Å². The van der Waals surface area contributed by atoms with Gasteiger partial charge in [0, 0.05) is 17.1 Å². The number of hydrogen-bond donors (Lipinski definition) is 0. The molecule has 1 aliphatic rings. The van der Waals surface area contributed by atoms with E-state index in [4.69, 9.17) is 0 Å². The molecule has 0 radical (unpaired) electrons. The molecular formula is C12H12Fe2O. The molecule has 2 rings (SSSR count). The Kier molecular flexibility index (Phi) is 11.2. The molecule has 0 atom stereocenters. The predicted octanol–water partition coefficient (Wildman–Crippen LogP) is 2.15. The topological polar surface area (TPSA) is 23.1 Å². The van der Waals surface area contributed by atoms with Gasteiger partial charge in [-0.15, -0.1) is 5.76 Å². The molecule has 1 aliphatic carbocycles. The van der Waals surface area contributed by atoms with E-state index >= 15 is 0 Å². The summed E-state index contributed by atoms with van der Waals surface area (Å²) in [6.45, 7) is 1.56. The van der Waals surface area contributed by atoms with Gasteiger partial charge in [0.15, 0.2) is 0 Å². The molecule has 0 amide bonds. The minimum atomic E-state index is 0. The Morgan fingerprint density at radius 1 is 1.13 bits per heavy atom. The molecular weight excluding hydrogens is 272 g/mol. The summed E-state index contributed by atoms with van der Waals surface area (Å²) >= 11 is 0. The number of rotatable bonds is 0. The molecule has 1 nitrogen and oxygen atoms in total. The molecule has 0 bridgehead atoms. The fourth-order valence-corrected chi connectivity index (χ4v) is 0.929. The molecule has 82 valence electrons. The molecule has 1 aromatic carbocycles. The normalized spacial score (nSPS) is 10.9. The van der Waals surface area contributed by atoms with Gasteiger partial charge in [-0.3, -0.25) is 0 Å². The Hall–Kier alpha value is -0.591. The Balaban J connectivity index is 0. The van der Waals surface area contributed by atoms with Gasteiger partial charge < -0.3 is 5.11 Å². The van der Waals surface area contributed by atoms with Crippen molar-refractivity contribution in [2.45, 2.75) is 6.92 Å². The maximum Gasteiger partial charge on any atom is 2.00 e. The van der Waals surface area contributed by atoms with Crippen LogP contribution in [0.1, 0.15) is 6.92 Å². The van der Waals surface area contributed by atoms with E-state index in [0.717, 1.165) is 5.57 Å². The molecule has 0 saturated heterocycles. The van der Waals surface area contributed by atoms with Gasteiger partial charge in [-0.1, -0.05) is 31.2 Å². The van der Waals surface area contributed by atoms with Crippen molar-refractivity contribution >= 4 is 0 Å². The van der Waals surface area contributed by atoms with E-state index in [2.05, 4.69) is 0 Å². The zero-order valence-electron chi connectivity index (χ0n) is 8.31. The van der Waals surface area contributed by atoms with Crippen LogP contribution >= 0.6 is 0 Å². The largest absolute Gasteiger partial charge is 2.00 e. The second-order valence-electron chi connectivity index (χ2n) is 2.69. The van der Waals surface area contributed by atoms with Gasteiger partial charge in [0.05, 0.1) is 0 Å². The van der Waals surface area contributed by atoms with Crippen LogP contribution in [0.3, 0.4) is 0 Å². The minimum absolute atomic E-state index is 0. The van der Waals surface area contributed by atoms with E-state index in [9.17, 15) is 5.11 Å². The van der Waals surface area contributed by atoms with E-state index in [1.807, 2.05) is 54.6 Å². The summed E-state index contributed by atoms with van der Waals surface area (Å²) in [6, 6.07) is 10.0. The van der Waals surface area contributed by atoms with Crippen LogP contribution < -0.4 is 5.11 Å². The first-order chi connectivity index (χ1) is 6.30. The Morgan fingerprint density at radius 3 is 1.80 bits per heavy atom. The van der Waals surface area contributed by atoms with E-state index < -0.39 is 0 Å². The van der Waals surface area contributed by atoms with E-state index in [1.165, 1.54) is 0 Å². The first-order valence-electron chi connectivity index (χ1n) is 4.20. The van der Waals surface area contributed by atoms with E-state index in [0.29, 0.717) is 0 Å². The van der Waals surface area contributed by atoms with E-state index in [-0.39, 0.29) is 39.9 Å². The van der Waals surface area contributed by atoms with Crippen molar-refractivity contribution in [1.29, 1.82) is 0 Å². The van der Waals surface area contributed by atoms with Crippen LogP contribution in [0, 0.1) is 0 Å². The van der Waals surface area contributed by atoms with Gasteiger partial charge in [0.1, 0.15) is 0 Å². The molecule has 0 heterocycles. The smallest absolute Gasteiger partial charge is 0.875 e. The predicted molar refractivity (Wildman–Crippen MR) is 53.0 cm³/mol. The second kappa shape index (κ2) is 9.94. The Labute approximate surface area is 112 Å². The van der Waals surface area contributed by atoms with Crippen molar-refractivity contribution in [1.82, 2.24) is 0 Å². The zero-order chi connectivity index (χ0) is 9.52. The van der Waals surface area contributed by atoms with Crippen molar-refractivity contribution in [2.75, 3.05) is 0 Å². The fraction of sp³-hybridized carbons (Fsp3) is 0.0833. The molecule has 0 spiro atoms. The second-order valence-corrected chi connectivity index (χ2v) is 2.69. The summed E-state index contributed by atoms with van der Waals surface area (Å²) in [5, 5.41) is 10.5. The van der Waals surface area contributed by atoms with Crippen molar-refractivity contribution < 1.29 is 39.2 Å². The van der Waals surface area contributed by atoms with Crippen molar-refractivity contribution in [3.8, 4) is 0 Å². The molecule has 0 saturated carbocycles. The summed E-state index contributed by atoms with van der Waals surface area (Å²) < 4.78 is 0. The van der Waals surface area contributed by atoms with Gasteiger partial charge in [-0.05, 0) is 5.57 Å². The molecule has 15 heavy (non-hydrogen) atoms. The maximum absolute atomic E-state index is 10.5. The molecule has 3 heteroatoms. The molecule has 0 aromatic heterocycles. The fourth-order valence-electron chi connectivity index (χ4n) is 0.929. The summed E-state index contributed by atoms with van der Waals surface area (Å²) in [6.07, 6.45) is 7.33. The Morgan fingerprint density at radius 2 is 1.60 bits per heavy atom. The first kappa shape index (κ1) is 16.8. The monoisotopic (exact) mass is 284 g/mol. The van der Waals surface area contributed by atoms with Crippen molar-refractivity contribution in [3.63, 3.8) is 0 Å². The minimum Gasteiger partial charge on any atom is -0.875 e. The number of hydrogen-bond acceptors (Lipinski definition) is 1. The van der Waals surface area contributed by atoms with Crippen molar-refractivity contribution in [2.24, 2.45) is 0 Å². The first-order valence-corrected chi connectivity index (χ1v) is 4.20. The van der Waals surface area contributed by atoms with Gasteiger partial charge in [0.2, 0.25) is 0 Å². The zero-order valence-corrected chi connectivity index (χ0v) is 10.5. The summed E-state index contributed by atoms with van der Waals surface area (Å²) in [4.78, 5) is 0. The average Bonchev–Trinajstić information content (AvgIpc) is 2.82. The van der Waals surface area contributed by atoms with Crippen molar-refractivity contribution in [3.05, 3.63) is 66.0 Å². The van der Waals surface area contributed by atoms with Gasteiger partial charge in [-0.2, -0.15) is 18.2 Å². The van der Waals surface area contributed by atoms with Crippen LogP contribution in [0.15, 0.2) is 66.0 Å². The third-order valence-corrected chi connectivity index (χ3v) is 1.62. The summed E-state index contributed by atoms with van der Waals surface area (Å²) in [5.41, 5.74) is 0.796. The van der Waals surface area contributed by atoms with Gasteiger partial charge in [-0.25, -0.2) is 12.1 Å². The SMILES string of the molecule is CC([O-])=C1C=CC=C1.[Fe+2].[Fe].c1cc[cH-]c1. The molecule has 1 aromatic rings. The van der Waals surface area contributed by atoms with Crippen LogP contribution in [-0.4, -0.2) is 0 Å². The average molecular weight is 284 g/mol. The third kappa shape index (κ3) is 7.35. The van der Waals surface area contributed by atoms with Gasteiger partial charge >= 0.3 is 17.1 Å². The van der Waals surface area contributed by atoms with Crippen LogP contribution in [0.5, 0.6) is 0 Å². The summed E-state index contributed by atoms with van der Waals surface area (Å²) in [7, 11) is 0. The molecule has 0 N–H and O–H groups in total. The summed E-state index contributed by atoms with van der Waals surface area (Å²) in [5.74, 6) is 0.134. The standard InChI is InChI=1S/C7H8O.C5H5.2Fe/c1-6(8)7-4-2-3-5-7;1-2-4-5-3-1;;/h2-5,8H,1H3;1-5H;;/q;-1;;+2/p-1. The van der Waals surface area contributed by atoms with Gasteiger partial charge in [0.25, 0.3) is 0 Å². The molecule has 0 aliphatic heterocycles. The Bertz CT molecular complexity index is 286. The molecule has 0 unspecified atom stereocenters. The van der Waals surface area contributed by atoms with Crippen LogP contribution in [0.2, 0.25) is 0 Å². The quantitative estimate of drug-likeness (QED) is 0.406.